The molecular weight excluding hydrogens is 244 g/mol. The van der Waals surface area contributed by atoms with E-state index in [1.165, 1.54) is 0 Å². The van der Waals surface area contributed by atoms with Crippen molar-refractivity contribution in [3.8, 4) is 11.2 Å². The molecule has 0 saturated heterocycles. The summed E-state index contributed by atoms with van der Waals surface area (Å²) < 4.78 is 1.09. The Balaban J connectivity index is 2.90. The first-order valence-corrected chi connectivity index (χ1v) is 7.59. The molecule has 0 saturated carbocycles. The molecule has 0 aromatic heterocycles. The Hall–Kier alpha value is -0.390. The molecule has 1 aromatic carbocycles. The maximum absolute atomic E-state index is 3.42. The summed E-state index contributed by atoms with van der Waals surface area (Å²) in [5.41, 5.74) is 1.08. The lowest BCUT2D eigenvalue weighted by Crippen LogP contribution is -1.85. The molecule has 0 unspecified atom stereocenters. The summed E-state index contributed by atoms with van der Waals surface area (Å²) in [5, 5.41) is 3.28. The van der Waals surface area contributed by atoms with Crippen molar-refractivity contribution >= 4 is 26.0 Å². The van der Waals surface area contributed by atoms with Crippen molar-refractivity contribution in [2.75, 3.05) is 18.8 Å². The highest BCUT2D eigenvalue weighted by Crippen LogP contribution is 2.32. The van der Waals surface area contributed by atoms with E-state index in [-0.39, 0.29) is 0 Å². The minimum atomic E-state index is -0.712. The van der Waals surface area contributed by atoms with Gasteiger partial charge in [0.15, 0.2) is 0 Å². The highest BCUT2D eigenvalue weighted by atomic mass is 79.9. The molecule has 0 radical (unpaired) electrons. The molecule has 0 nitrogen and oxygen atoms in total. The molecule has 1 rings (SSSR count). The zero-order chi connectivity index (χ0) is 9.90. The second-order valence-corrected chi connectivity index (χ2v) is 8.37. The van der Waals surface area contributed by atoms with Crippen LogP contribution < -0.4 is 0 Å². The maximum Gasteiger partial charge on any atom is 0.0264 e. The second-order valence-electron chi connectivity index (χ2n) is 3.57. The molecule has 2 heteroatoms. The average Bonchev–Trinajstić information content (AvgIpc) is 2.00. The van der Waals surface area contributed by atoms with Crippen LogP contribution in [0.25, 0.3) is 0 Å². The molecule has 0 bridgehead atoms. The summed E-state index contributed by atoms with van der Waals surface area (Å²) in [6.07, 6.45) is 6.58. The van der Waals surface area contributed by atoms with Gasteiger partial charge in [-0.25, -0.2) is 0 Å². The third kappa shape index (κ3) is 4.40. The molecule has 70 valence electrons. The molecule has 0 atom stereocenters. The Morgan fingerprint density at radius 2 is 1.92 bits per heavy atom. The van der Waals surface area contributed by atoms with E-state index in [4.69, 9.17) is 0 Å². The summed E-state index contributed by atoms with van der Waals surface area (Å²) >= 11 is 3.42. The highest BCUT2D eigenvalue weighted by Gasteiger charge is 1.96. The standard InChI is InChI=1S/C11H13BrS/c1-13(2,3)8-7-10-5-4-6-11(12)9-10/h4-6,9H,1-3H3. The molecule has 0 aliphatic rings. The van der Waals surface area contributed by atoms with Crippen molar-refractivity contribution in [3.05, 3.63) is 34.3 Å². The van der Waals surface area contributed by atoms with Gasteiger partial charge in [0, 0.05) is 10.0 Å². The van der Waals surface area contributed by atoms with Gasteiger partial charge < -0.3 is 0 Å². The number of hydrogen-bond donors (Lipinski definition) is 0. The van der Waals surface area contributed by atoms with Gasteiger partial charge in [0.05, 0.1) is 0 Å². The van der Waals surface area contributed by atoms with Gasteiger partial charge in [-0.05, 0) is 42.2 Å². The van der Waals surface area contributed by atoms with Gasteiger partial charge in [0.25, 0.3) is 0 Å². The largest absolute Gasteiger partial charge is 0.186 e. The third-order valence-electron chi connectivity index (χ3n) is 1.33. The molecule has 0 heterocycles. The minimum Gasteiger partial charge on any atom is -0.186 e. The average molecular weight is 257 g/mol. The van der Waals surface area contributed by atoms with Crippen molar-refractivity contribution in [1.82, 2.24) is 0 Å². The SMILES string of the molecule is CS(C)(C)C#Cc1cccc(Br)c1. The first kappa shape index (κ1) is 10.7. The van der Waals surface area contributed by atoms with Gasteiger partial charge in [-0.3, -0.25) is 0 Å². The van der Waals surface area contributed by atoms with E-state index in [2.05, 4.69) is 45.9 Å². The second kappa shape index (κ2) is 4.21. The Morgan fingerprint density at radius 1 is 1.23 bits per heavy atom. The Labute approximate surface area is 90.2 Å². The van der Waals surface area contributed by atoms with Crippen LogP contribution in [0.5, 0.6) is 0 Å². The van der Waals surface area contributed by atoms with Gasteiger partial charge in [0.2, 0.25) is 0 Å². The van der Waals surface area contributed by atoms with Crippen LogP contribution in [0.2, 0.25) is 0 Å². The maximum atomic E-state index is 3.42. The minimum absolute atomic E-state index is 0.712. The van der Waals surface area contributed by atoms with Crippen LogP contribution >= 0.6 is 26.0 Å². The van der Waals surface area contributed by atoms with Crippen LogP contribution in [0.1, 0.15) is 5.56 Å². The summed E-state index contributed by atoms with van der Waals surface area (Å²) in [7, 11) is -0.712. The van der Waals surface area contributed by atoms with Crippen molar-refractivity contribution in [2.45, 2.75) is 0 Å². The molecule has 13 heavy (non-hydrogen) atoms. The van der Waals surface area contributed by atoms with Gasteiger partial charge in [-0.1, -0.05) is 27.9 Å². The molecule has 0 N–H and O–H groups in total. The van der Waals surface area contributed by atoms with Gasteiger partial charge >= 0.3 is 0 Å². The topological polar surface area (TPSA) is 0 Å². The molecule has 0 fully saturated rings. The van der Waals surface area contributed by atoms with Gasteiger partial charge in [-0.2, -0.15) is 10.0 Å². The lowest BCUT2D eigenvalue weighted by molar-refractivity contribution is 1.60. The first-order valence-electron chi connectivity index (χ1n) is 3.94. The predicted octanol–water partition coefficient (Wildman–Crippen LogP) is 3.45. The van der Waals surface area contributed by atoms with Crippen molar-refractivity contribution in [1.29, 1.82) is 0 Å². The molecule has 1 aromatic rings. The molecule has 0 amide bonds. The normalized spacial score (nSPS) is 11.7. The lowest BCUT2D eigenvalue weighted by Gasteiger charge is -2.14. The summed E-state index contributed by atoms with van der Waals surface area (Å²) in [6, 6.07) is 8.09. The van der Waals surface area contributed by atoms with Crippen LogP contribution in [0.4, 0.5) is 0 Å². The number of halogens is 1. The Bertz CT molecular complexity index is 352. The molecule has 0 aliphatic heterocycles. The highest BCUT2D eigenvalue weighted by molar-refractivity contribution is 9.10. The zero-order valence-corrected chi connectivity index (χ0v) is 10.5. The van der Waals surface area contributed by atoms with E-state index >= 15 is 0 Å². The summed E-state index contributed by atoms with van der Waals surface area (Å²) in [6.45, 7) is 0. The summed E-state index contributed by atoms with van der Waals surface area (Å²) in [5.74, 6) is 3.18. The number of benzene rings is 1. The van der Waals surface area contributed by atoms with Crippen molar-refractivity contribution in [3.63, 3.8) is 0 Å². The van der Waals surface area contributed by atoms with Crippen molar-refractivity contribution < 1.29 is 0 Å². The van der Waals surface area contributed by atoms with E-state index in [0.29, 0.717) is 0 Å². The monoisotopic (exact) mass is 256 g/mol. The predicted molar refractivity (Wildman–Crippen MR) is 66.4 cm³/mol. The van der Waals surface area contributed by atoms with E-state index in [1.807, 2.05) is 24.3 Å². The van der Waals surface area contributed by atoms with E-state index in [1.54, 1.807) is 0 Å². The van der Waals surface area contributed by atoms with Crippen LogP contribution in [0.3, 0.4) is 0 Å². The van der Waals surface area contributed by atoms with Crippen molar-refractivity contribution in [2.24, 2.45) is 0 Å². The molecule has 0 spiro atoms. The van der Waals surface area contributed by atoms with E-state index < -0.39 is 10.0 Å². The van der Waals surface area contributed by atoms with E-state index in [0.717, 1.165) is 10.0 Å². The lowest BCUT2D eigenvalue weighted by atomic mass is 10.2. The third-order valence-corrected chi connectivity index (χ3v) is 2.53. The van der Waals surface area contributed by atoms with Gasteiger partial charge in [-0.15, -0.1) is 0 Å². The quantitative estimate of drug-likeness (QED) is 0.624. The first-order chi connectivity index (χ1) is 5.97. The van der Waals surface area contributed by atoms with E-state index in [9.17, 15) is 0 Å². The number of rotatable bonds is 0. The van der Waals surface area contributed by atoms with Crippen LogP contribution in [0, 0.1) is 11.2 Å². The fraction of sp³-hybridized carbons (Fsp3) is 0.273. The van der Waals surface area contributed by atoms with Gasteiger partial charge in [0.1, 0.15) is 0 Å². The van der Waals surface area contributed by atoms with Crippen LogP contribution in [-0.4, -0.2) is 18.8 Å². The zero-order valence-electron chi connectivity index (χ0n) is 8.10. The smallest absolute Gasteiger partial charge is 0.0264 e. The van der Waals surface area contributed by atoms with Crippen LogP contribution in [0.15, 0.2) is 28.7 Å². The van der Waals surface area contributed by atoms with Crippen LogP contribution in [-0.2, 0) is 0 Å². The molecular formula is C11H13BrS. The fourth-order valence-electron chi connectivity index (χ4n) is 0.778. The molecule has 0 aliphatic carbocycles. The number of hydrogen-bond acceptors (Lipinski definition) is 0. The Morgan fingerprint density at radius 3 is 2.46 bits per heavy atom. The fourth-order valence-corrected chi connectivity index (χ4v) is 1.60. The Kier molecular flexibility index (Phi) is 3.47. The summed E-state index contributed by atoms with van der Waals surface area (Å²) in [4.78, 5) is 0.